The fourth-order valence-corrected chi connectivity index (χ4v) is 3.02. The van der Waals surface area contributed by atoms with Gasteiger partial charge < -0.3 is 0 Å². The first kappa shape index (κ1) is 10.3. The van der Waals surface area contributed by atoms with Crippen molar-refractivity contribution in [1.29, 1.82) is 0 Å². The summed E-state index contributed by atoms with van der Waals surface area (Å²) >= 11 is 0. The van der Waals surface area contributed by atoms with Crippen LogP contribution in [0.5, 0.6) is 0 Å². The second kappa shape index (κ2) is 4.51. The van der Waals surface area contributed by atoms with Gasteiger partial charge in [0.25, 0.3) is 0 Å². The molecule has 14 heavy (non-hydrogen) atoms. The molecule has 2 aliphatic carbocycles. The van der Waals surface area contributed by atoms with E-state index in [2.05, 4.69) is 19.1 Å². The summed E-state index contributed by atoms with van der Waals surface area (Å²) in [7, 11) is 0. The zero-order valence-corrected chi connectivity index (χ0v) is 9.60. The van der Waals surface area contributed by atoms with E-state index in [9.17, 15) is 0 Å². The molecule has 2 aliphatic rings. The van der Waals surface area contributed by atoms with Crippen molar-refractivity contribution in [2.24, 2.45) is 11.3 Å². The smallest absolute Gasteiger partial charge is 0.0177 e. The van der Waals surface area contributed by atoms with E-state index in [1.807, 2.05) is 0 Å². The van der Waals surface area contributed by atoms with Gasteiger partial charge in [0.2, 0.25) is 0 Å². The van der Waals surface area contributed by atoms with Crippen LogP contribution in [0.15, 0.2) is 12.2 Å². The van der Waals surface area contributed by atoms with Gasteiger partial charge >= 0.3 is 0 Å². The summed E-state index contributed by atoms with van der Waals surface area (Å²) in [5.41, 5.74) is 0.784. The van der Waals surface area contributed by atoms with Gasteiger partial charge in [0.1, 0.15) is 0 Å². The summed E-state index contributed by atoms with van der Waals surface area (Å²) in [6.07, 6.45) is 18.0. The lowest BCUT2D eigenvalue weighted by atomic mass is 9.79. The summed E-state index contributed by atoms with van der Waals surface area (Å²) in [6.45, 7) is 2.31. The zero-order valence-electron chi connectivity index (χ0n) is 9.60. The minimum absolute atomic E-state index is 0.784. The Hall–Kier alpha value is -0.260. The molecule has 80 valence electrons. The van der Waals surface area contributed by atoms with E-state index in [1.165, 1.54) is 57.8 Å². The number of unbranched alkanes of at least 4 members (excludes halogenated alkanes) is 2. The maximum absolute atomic E-state index is 2.53. The summed E-state index contributed by atoms with van der Waals surface area (Å²) in [5, 5.41) is 0. The highest BCUT2D eigenvalue weighted by Gasteiger charge is 2.47. The molecule has 0 radical (unpaired) electrons. The van der Waals surface area contributed by atoms with E-state index in [0.29, 0.717) is 0 Å². The van der Waals surface area contributed by atoms with Gasteiger partial charge in [-0.3, -0.25) is 0 Å². The molecule has 0 aromatic heterocycles. The molecular formula is C14H24. The van der Waals surface area contributed by atoms with E-state index >= 15 is 0 Å². The third-order valence-corrected chi connectivity index (χ3v) is 4.21. The third-order valence-electron chi connectivity index (χ3n) is 4.21. The Bertz CT molecular complexity index is 198. The standard InChI is InChI=1S/C14H24/c1-2-3-7-10-14(11-12-14)13-8-5-4-6-9-13/h5,8,13H,2-4,6-7,9-12H2,1H3. The molecule has 0 aromatic carbocycles. The maximum Gasteiger partial charge on any atom is -0.0177 e. The average molecular weight is 192 g/mol. The quantitative estimate of drug-likeness (QED) is 0.437. The Balaban J connectivity index is 1.82. The Labute approximate surface area is 88.8 Å². The van der Waals surface area contributed by atoms with Crippen LogP contribution in [0, 0.1) is 11.3 Å². The lowest BCUT2D eigenvalue weighted by molar-refractivity contribution is 0.302. The number of allylic oxidation sites excluding steroid dienone is 2. The second-order valence-corrected chi connectivity index (χ2v) is 5.29. The van der Waals surface area contributed by atoms with Crippen molar-refractivity contribution in [1.82, 2.24) is 0 Å². The molecule has 1 atom stereocenters. The van der Waals surface area contributed by atoms with Crippen LogP contribution in [-0.4, -0.2) is 0 Å². The zero-order chi connectivity index (χ0) is 9.86. The second-order valence-electron chi connectivity index (χ2n) is 5.29. The topological polar surface area (TPSA) is 0 Å². The minimum Gasteiger partial charge on any atom is -0.0882 e. The SMILES string of the molecule is CCCCCC1(C2C=CCCC2)CC1. The highest BCUT2D eigenvalue weighted by molar-refractivity contribution is 5.08. The summed E-state index contributed by atoms with van der Waals surface area (Å²) in [6, 6.07) is 0. The molecule has 1 unspecified atom stereocenters. The largest absolute Gasteiger partial charge is 0.0882 e. The fourth-order valence-electron chi connectivity index (χ4n) is 3.02. The van der Waals surface area contributed by atoms with Crippen LogP contribution in [0.3, 0.4) is 0 Å². The van der Waals surface area contributed by atoms with Crippen molar-refractivity contribution in [3.8, 4) is 0 Å². The molecule has 2 rings (SSSR count). The maximum atomic E-state index is 2.53. The monoisotopic (exact) mass is 192 g/mol. The van der Waals surface area contributed by atoms with Gasteiger partial charge in [0, 0.05) is 0 Å². The van der Waals surface area contributed by atoms with Gasteiger partial charge in [-0.2, -0.15) is 0 Å². The van der Waals surface area contributed by atoms with Gasteiger partial charge in [-0.1, -0.05) is 38.3 Å². The Morgan fingerprint density at radius 3 is 2.71 bits per heavy atom. The van der Waals surface area contributed by atoms with Crippen molar-refractivity contribution >= 4 is 0 Å². The van der Waals surface area contributed by atoms with E-state index < -0.39 is 0 Å². The van der Waals surface area contributed by atoms with E-state index in [1.54, 1.807) is 0 Å². The molecule has 0 heteroatoms. The van der Waals surface area contributed by atoms with Gasteiger partial charge in [0.05, 0.1) is 0 Å². The van der Waals surface area contributed by atoms with Gasteiger partial charge in [-0.05, 0) is 49.9 Å². The summed E-state index contributed by atoms with van der Waals surface area (Å²) in [4.78, 5) is 0. The molecule has 0 amide bonds. The third kappa shape index (κ3) is 2.21. The molecular weight excluding hydrogens is 168 g/mol. The van der Waals surface area contributed by atoms with Crippen molar-refractivity contribution in [2.45, 2.75) is 64.7 Å². The summed E-state index contributed by atoms with van der Waals surface area (Å²) in [5.74, 6) is 0.952. The minimum atomic E-state index is 0.784. The lowest BCUT2D eigenvalue weighted by Crippen LogP contribution is -2.15. The van der Waals surface area contributed by atoms with Crippen LogP contribution < -0.4 is 0 Å². The Morgan fingerprint density at radius 2 is 2.14 bits per heavy atom. The van der Waals surface area contributed by atoms with Gasteiger partial charge in [-0.15, -0.1) is 0 Å². The Kier molecular flexibility index (Phi) is 3.30. The van der Waals surface area contributed by atoms with Crippen molar-refractivity contribution < 1.29 is 0 Å². The van der Waals surface area contributed by atoms with Crippen molar-refractivity contribution in [3.05, 3.63) is 12.2 Å². The van der Waals surface area contributed by atoms with Crippen molar-refractivity contribution in [3.63, 3.8) is 0 Å². The predicted molar refractivity (Wildman–Crippen MR) is 62.3 cm³/mol. The van der Waals surface area contributed by atoms with Gasteiger partial charge in [0.15, 0.2) is 0 Å². The number of hydrogen-bond donors (Lipinski definition) is 0. The van der Waals surface area contributed by atoms with Crippen LogP contribution >= 0.6 is 0 Å². The average Bonchev–Trinajstić information content (AvgIpc) is 3.01. The first-order valence-electron chi connectivity index (χ1n) is 6.54. The molecule has 0 N–H and O–H groups in total. The van der Waals surface area contributed by atoms with Crippen LogP contribution in [0.1, 0.15) is 64.7 Å². The molecule has 0 saturated heterocycles. The molecule has 0 nitrogen and oxygen atoms in total. The molecule has 1 saturated carbocycles. The molecule has 0 aliphatic heterocycles. The van der Waals surface area contributed by atoms with Crippen LogP contribution in [-0.2, 0) is 0 Å². The lowest BCUT2D eigenvalue weighted by Gasteiger charge is -2.26. The molecule has 1 fully saturated rings. The van der Waals surface area contributed by atoms with E-state index in [4.69, 9.17) is 0 Å². The predicted octanol–water partition coefficient (Wildman–Crippen LogP) is 4.70. The van der Waals surface area contributed by atoms with Crippen LogP contribution in [0.25, 0.3) is 0 Å². The van der Waals surface area contributed by atoms with E-state index in [-0.39, 0.29) is 0 Å². The molecule has 0 bridgehead atoms. The van der Waals surface area contributed by atoms with Crippen LogP contribution in [0.4, 0.5) is 0 Å². The molecule has 0 heterocycles. The highest BCUT2D eigenvalue weighted by Crippen LogP contribution is 2.58. The summed E-state index contributed by atoms with van der Waals surface area (Å²) < 4.78 is 0. The van der Waals surface area contributed by atoms with Crippen molar-refractivity contribution in [2.75, 3.05) is 0 Å². The highest BCUT2D eigenvalue weighted by atomic mass is 14.5. The Morgan fingerprint density at radius 1 is 1.29 bits per heavy atom. The van der Waals surface area contributed by atoms with Gasteiger partial charge in [-0.25, -0.2) is 0 Å². The number of hydrogen-bond acceptors (Lipinski definition) is 0. The van der Waals surface area contributed by atoms with Crippen LogP contribution in [0.2, 0.25) is 0 Å². The first-order valence-corrected chi connectivity index (χ1v) is 6.54. The molecule has 0 spiro atoms. The molecule has 0 aromatic rings. The number of rotatable bonds is 5. The fraction of sp³-hybridized carbons (Fsp3) is 0.857. The van der Waals surface area contributed by atoms with E-state index in [0.717, 1.165) is 11.3 Å². The normalized spacial score (nSPS) is 29.1. The first-order chi connectivity index (χ1) is 6.87.